The van der Waals surface area contributed by atoms with E-state index in [9.17, 15) is 43.2 Å². The van der Waals surface area contributed by atoms with Gasteiger partial charge in [-0.3, -0.25) is 37.3 Å². The maximum Gasteiger partial charge on any atom is 0.472 e. The van der Waals surface area contributed by atoms with Crippen LogP contribution >= 0.6 is 15.6 Å². The number of aliphatic hydroxyl groups excluding tert-OH is 1. The number of hydrogen-bond acceptors (Lipinski definition) is 15. The fourth-order valence-corrected chi connectivity index (χ4v) is 14.2. The van der Waals surface area contributed by atoms with Gasteiger partial charge in [0.1, 0.15) is 19.3 Å². The van der Waals surface area contributed by atoms with E-state index in [1.807, 2.05) is 0 Å². The Bertz CT molecular complexity index is 1910. The number of esters is 4. The van der Waals surface area contributed by atoms with Crippen molar-refractivity contribution >= 4 is 39.5 Å². The van der Waals surface area contributed by atoms with E-state index in [0.717, 1.165) is 102 Å². The van der Waals surface area contributed by atoms with Gasteiger partial charge >= 0.3 is 39.5 Å². The highest BCUT2D eigenvalue weighted by Gasteiger charge is 2.30. The van der Waals surface area contributed by atoms with E-state index in [1.54, 1.807) is 0 Å². The molecule has 0 amide bonds. The van der Waals surface area contributed by atoms with Gasteiger partial charge in [-0.25, -0.2) is 9.13 Å². The van der Waals surface area contributed by atoms with Crippen LogP contribution < -0.4 is 0 Å². The topological polar surface area (TPSA) is 237 Å². The van der Waals surface area contributed by atoms with Gasteiger partial charge in [-0.05, 0) is 31.6 Å². The van der Waals surface area contributed by atoms with Gasteiger partial charge in [0, 0.05) is 25.7 Å². The van der Waals surface area contributed by atoms with Crippen LogP contribution in [0.2, 0.25) is 0 Å². The van der Waals surface area contributed by atoms with E-state index in [-0.39, 0.29) is 25.7 Å². The Kier molecular flexibility index (Phi) is 72.5. The summed E-state index contributed by atoms with van der Waals surface area (Å²) in [4.78, 5) is 72.9. The SMILES string of the molecule is CCCCCCCCCCCCCCCCCCCCCCCC(=O)O[C@H](COC(=O)CCCCCCCCCCCCCCCC(C)C)COP(=O)(O)OC[C@@H](O)COP(=O)(O)OC[C@@H](COC(=O)CCCCCCCCCC)OC(=O)CCCCCCCCCCCCCCCCC. The monoisotopic (exact) mass is 1470 g/mol. The molecule has 19 heteroatoms. The lowest BCUT2D eigenvalue weighted by Crippen LogP contribution is -2.30. The second kappa shape index (κ2) is 73.9. The number of unbranched alkanes of at least 4 members (excludes halogenated alkanes) is 53. The minimum atomic E-state index is -4.96. The molecule has 2 unspecified atom stereocenters. The molecule has 0 aliphatic carbocycles. The van der Waals surface area contributed by atoms with Crippen LogP contribution in [-0.2, 0) is 65.4 Å². The first-order chi connectivity index (χ1) is 48.5. The second-order valence-corrected chi connectivity index (χ2v) is 32.5. The van der Waals surface area contributed by atoms with Crippen LogP contribution in [0.4, 0.5) is 0 Å². The molecular weight excluding hydrogens is 1310 g/mol. The normalized spacial score (nSPS) is 13.8. The molecule has 0 rings (SSSR count). The lowest BCUT2D eigenvalue weighted by molar-refractivity contribution is -0.161. The molecule has 0 aliphatic rings. The van der Waals surface area contributed by atoms with Gasteiger partial charge in [0.05, 0.1) is 26.4 Å². The van der Waals surface area contributed by atoms with Gasteiger partial charge in [0.2, 0.25) is 0 Å². The maximum atomic E-state index is 13.1. The first kappa shape index (κ1) is 98.1. The summed E-state index contributed by atoms with van der Waals surface area (Å²) in [7, 11) is -9.91. The van der Waals surface area contributed by atoms with Crippen molar-refractivity contribution in [2.45, 2.75) is 451 Å². The number of ether oxygens (including phenoxy) is 4. The average molecular weight is 1470 g/mol. The fraction of sp³-hybridized carbons (Fsp3) is 0.951. The van der Waals surface area contributed by atoms with Gasteiger partial charge in [-0.15, -0.1) is 0 Å². The van der Waals surface area contributed by atoms with Crippen LogP contribution in [0.25, 0.3) is 0 Å². The Morgan fingerprint density at radius 2 is 0.460 bits per heavy atom. The highest BCUT2D eigenvalue weighted by molar-refractivity contribution is 7.47. The van der Waals surface area contributed by atoms with Crippen LogP contribution in [0, 0.1) is 5.92 Å². The first-order valence-electron chi connectivity index (χ1n) is 42.1. The zero-order valence-electron chi connectivity index (χ0n) is 65.3. The molecule has 0 saturated heterocycles. The largest absolute Gasteiger partial charge is 0.472 e. The molecule has 0 aliphatic heterocycles. The van der Waals surface area contributed by atoms with Crippen LogP contribution in [0.1, 0.15) is 433 Å². The zero-order valence-corrected chi connectivity index (χ0v) is 67.1. The summed E-state index contributed by atoms with van der Waals surface area (Å²) in [5.74, 6) is -1.32. The third-order valence-corrected chi connectivity index (χ3v) is 20.9. The molecule has 0 radical (unpaired) electrons. The number of carbonyl (C=O) groups is 4. The van der Waals surface area contributed by atoms with Gasteiger partial charge < -0.3 is 33.8 Å². The summed E-state index contributed by atoms with van der Waals surface area (Å²) < 4.78 is 68.6. The number of carbonyl (C=O) groups excluding carboxylic acids is 4. The second-order valence-electron chi connectivity index (χ2n) is 29.6. The Balaban J connectivity index is 5.19. The minimum Gasteiger partial charge on any atom is -0.462 e. The van der Waals surface area contributed by atoms with Gasteiger partial charge in [0.25, 0.3) is 0 Å². The molecule has 0 spiro atoms. The Labute approximate surface area is 613 Å². The van der Waals surface area contributed by atoms with Crippen LogP contribution in [-0.4, -0.2) is 96.7 Å². The van der Waals surface area contributed by atoms with Crippen LogP contribution in [0.5, 0.6) is 0 Å². The molecule has 0 bridgehead atoms. The molecule has 5 atom stereocenters. The molecule has 0 heterocycles. The van der Waals surface area contributed by atoms with Crippen LogP contribution in [0.15, 0.2) is 0 Å². The quantitative estimate of drug-likeness (QED) is 0.0222. The molecule has 0 aromatic rings. The van der Waals surface area contributed by atoms with Crippen molar-refractivity contribution in [2.75, 3.05) is 39.6 Å². The summed E-state index contributed by atoms with van der Waals surface area (Å²) in [5.41, 5.74) is 0. The molecule has 0 aromatic heterocycles. The van der Waals surface area contributed by atoms with Gasteiger partial charge in [0.15, 0.2) is 12.2 Å². The van der Waals surface area contributed by atoms with Crippen molar-refractivity contribution in [2.24, 2.45) is 5.92 Å². The van der Waals surface area contributed by atoms with Crippen molar-refractivity contribution in [3.8, 4) is 0 Å². The van der Waals surface area contributed by atoms with Crippen LogP contribution in [0.3, 0.4) is 0 Å². The molecule has 17 nitrogen and oxygen atoms in total. The highest BCUT2D eigenvalue weighted by atomic mass is 31.2. The molecule has 0 aromatic carbocycles. The summed E-state index contributed by atoms with van der Waals surface area (Å²) in [6.45, 7) is 7.32. The summed E-state index contributed by atoms with van der Waals surface area (Å²) in [5, 5.41) is 10.6. The lowest BCUT2D eigenvalue weighted by atomic mass is 10.0. The predicted octanol–water partition coefficient (Wildman–Crippen LogP) is 24.4. The molecule has 0 saturated carbocycles. The van der Waals surface area contributed by atoms with Crippen molar-refractivity contribution in [1.82, 2.24) is 0 Å². The third kappa shape index (κ3) is 74.3. The maximum absolute atomic E-state index is 13.1. The van der Waals surface area contributed by atoms with E-state index >= 15 is 0 Å². The summed E-state index contributed by atoms with van der Waals surface area (Å²) >= 11 is 0. The predicted molar refractivity (Wildman–Crippen MR) is 409 cm³/mol. The number of aliphatic hydroxyl groups is 1. The lowest BCUT2D eigenvalue weighted by Gasteiger charge is -2.21. The van der Waals surface area contributed by atoms with E-state index in [1.165, 1.54) is 250 Å². The number of phosphoric ester groups is 2. The smallest absolute Gasteiger partial charge is 0.462 e. The molecule has 594 valence electrons. The van der Waals surface area contributed by atoms with Gasteiger partial charge in [-0.2, -0.15) is 0 Å². The van der Waals surface area contributed by atoms with Gasteiger partial charge in [-0.1, -0.05) is 381 Å². The number of phosphoric acid groups is 2. The van der Waals surface area contributed by atoms with Crippen molar-refractivity contribution < 1.29 is 80.2 Å². The number of hydrogen-bond donors (Lipinski definition) is 3. The highest BCUT2D eigenvalue weighted by Crippen LogP contribution is 2.45. The van der Waals surface area contributed by atoms with Crippen molar-refractivity contribution in [3.63, 3.8) is 0 Å². The van der Waals surface area contributed by atoms with Crippen molar-refractivity contribution in [1.29, 1.82) is 0 Å². The zero-order chi connectivity index (χ0) is 73.4. The minimum absolute atomic E-state index is 0.108. The Hall–Kier alpha value is -1.94. The third-order valence-electron chi connectivity index (χ3n) is 19.0. The Morgan fingerprint density at radius 1 is 0.270 bits per heavy atom. The van der Waals surface area contributed by atoms with E-state index in [2.05, 4.69) is 34.6 Å². The Morgan fingerprint density at radius 3 is 0.680 bits per heavy atom. The average Bonchev–Trinajstić information content (AvgIpc) is 0.931. The van der Waals surface area contributed by atoms with E-state index < -0.39 is 97.5 Å². The standard InChI is InChI=1S/C81H158O17P2/c1-6-9-12-15-18-21-23-25-27-28-29-30-31-32-34-38-43-47-52-57-62-67-81(86)98-77(71-92-79(84)65-60-55-50-45-41-39-35-36-40-44-48-53-58-63-74(4)5)73-96-100(89,90)94-69-75(82)68-93-99(87,88)95-72-76(70-91-78(83)64-59-54-49-20-17-14-11-8-3)97-80(85)66-61-56-51-46-42-37-33-26-24-22-19-16-13-10-7-2/h74-77,82H,6-73H2,1-5H3,(H,87,88)(H,89,90)/t75-,76+,77+/m0/s1. The van der Waals surface area contributed by atoms with E-state index in [4.69, 9.17) is 37.0 Å². The molecule has 100 heavy (non-hydrogen) atoms. The molecular formula is C81H158O17P2. The summed E-state index contributed by atoms with van der Waals surface area (Å²) in [6, 6.07) is 0. The summed E-state index contributed by atoms with van der Waals surface area (Å²) in [6.07, 6.45) is 65.3. The molecule has 0 fully saturated rings. The molecule has 3 N–H and O–H groups in total. The van der Waals surface area contributed by atoms with E-state index in [0.29, 0.717) is 25.7 Å². The number of rotatable bonds is 81. The first-order valence-corrected chi connectivity index (χ1v) is 45.1. The fourth-order valence-electron chi connectivity index (χ4n) is 12.6. The van der Waals surface area contributed by atoms with Crippen molar-refractivity contribution in [3.05, 3.63) is 0 Å².